The molecule has 2 aromatic rings. The van der Waals surface area contributed by atoms with Crippen molar-refractivity contribution in [2.24, 2.45) is 5.10 Å². The van der Waals surface area contributed by atoms with E-state index < -0.39 is 0 Å². The summed E-state index contributed by atoms with van der Waals surface area (Å²) in [5, 5.41) is 13.6. The molecule has 0 radical (unpaired) electrons. The number of rotatable bonds is 5. The molecule has 0 atom stereocenters. The molecular formula is C18H19IN2O3. The van der Waals surface area contributed by atoms with E-state index in [0.29, 0.717) is 5.56 Å². The van der Waals surface area contributed by atoms with Crippen LogP contribution in [-0.2, 0) is 4.79 Å². The second kappa shape index (κ2) is 8.14. The SMILES string of the molecule is Cc1ccc(C)c(OCC(=O)NN=Cc2cc(I)ccc2O)c1C. The summed E-state index contributed by atoms with van der Waals surface area (Å²) >= 11 is 2.14. The number of phenols is 1. The number of carbonyl (C=O) groups excluding carboxylic acids is 1. The molecule has 5 nitrogen and oxygen atoms in total. The van der Waals surface area contributed by atoms with Crippen molar-refractivity contribution in [1.29, 1.82) is 0 Å². The summed E-state index contributed by atoms with van der Waals surface area (Å²) in [6, 6.07) is 9.12. The quantitative estimate of drug-likeness (QED) is 0.427. The van der Waals surface area contributed by atoms with Gasteiger partial charge >= 0.3 is 0 Å². The van der Waals surface area contributed by atoms with Crippen LogP contribution in [0.15, 0.2) is 35.4 Å². The van der Waals surface area contributed by atoms with E-state index >= 15 is 0 Å². The standard InChI is InChI=1S/C18H19IN2O3/c1-11-4-5-12(2)18(13(11)3)24-10-17(23)21-20-9-14-8-15(19)6-7-16(14)22/h4-9,22H,10H2,1-3H3,(H,21,23). The molecule has 0 spiro atoms. The number of hydrogen-bond acceptors (Lipinski definition) is 4. The molecule has 0 unspecified atom stereocenters. The van der Waals surface area contributed by atoms with Gasteiger partial charge in [0.1, 0.15) is 11.5 Å². The summed E-state index contributed by atoms with van der Waals surface area (Å²) in [4.78, 5) is 11.9. The number of nitrogens with zero attached hydrogens (tertiary/aromatic N) is 1. The van der Waals surface area contributed by atoms with E-state index in [1.54, 1.807) is 18.2 Å². The fourth-order valence-corrected chi connectivity index (χ4v) is 2.64. The van der Waals surface area contributed by atoms with Gasteiger partial charge in [0.05, 0.1) is 6.21 Å². The number of amides is 1. The lowest BCUT2D eigenvalue weighted by molar-refractivity contribution is -0.123. The lowest BCUT2D eigenvalue weighted by Gasteiger charge is -2.13. The minimum Gasteiger partial charge on any atom is -0.507 e. The average molecular weight is 438 g/mol. The zero-order chi connectivity index (χ0) is 17.7. The third-order valence-corrected chi connectivity index (χ3v) is 4.27. The number of benzene rings is 2. The molecule has 0 heterocycles. The molecule has 2 rings (SSSR count). The smallest absolute Gasteiger partial charge is 0.277 e. The van der Waals surface area contributed by atoms with Crippen molar-refractivity contribution < 1.29 is 14.6 Å². The summed E-state index contributed by atoms with van der Waals surface area (Å²) in [6.07, 6.45) is 1.40. The van der Waals surface area contributed by atoms with E-state index in [2.05, 4.69) is 33.1 Å². The number of carbonyl (C=O) groups is 1. The van der Waals surface area contributed by atoms with Crippen molar-refractivity contribution in [3.63, 3.8) is 0 Å². The van der Waals surface area contributed by atoms with Gasteiger partial charge in [-0.05, 0) is 78.3 Å². The first-order chi connectivity index (χ1) is 11.4. The molecule has 0 aliphatic heterocycles. The van der Waals surface area contributed by atoms with E-state index in [9.17, 15) is 9.90 Å². The van der Waals surface area contributed by atoms with Crippen LogP contribution in [0, 0.1) is 24.3 Å². The molecule has 0 bridgehead atoms. The van der Waals surface area contributed by atoms with Crippen LogP contribution in [-0.4, -0.2) is 23.8 Å². The minimum atomic E-state index is -0.364. The maximum Gasteiger partial charge on any atom is 0.277 e. The fourth-order valence-electron chi connectivity index (χ4n) is 2.12. The number of aromatic hydroxyl groups is 1. The highest BCUT2D eigenvalue weighted by molar-refractivity contribution is 14.1. The summed E-state index contributed by atoms with van der Waals surface area (Å²) in [6.45, 7) is 5.78. The van der Waals surface area contributed by atoms with Crippen molar-refractivity contribution in [3.05, 3.63) is 56.2 Å². The summed E-state index contributed by atoms with van der Waals surface area (Å²) in [7, 11) is 0. The van der Waals surface area contributed by atoms with E-state index in [4.69, 9.17) is 4.74 Å². The Balaban J connectivity index is 1.94. The Morgan fingerprint density at radius 1 is 1.25 bits per heavy atom. The van der Waals surface area contributed by atoms with Crippen molar-refractivity contribution in [1.82, 2.24) is 5.43 Å². The van der Waals surface area contributed by atoms with Crippen LogP contribution in [0.4, 0.5) is 0 Å². The van der Waals surface area contributed by atoms with Gasteiger partial charge in [-0.2, -0.15) is 5.10 Å². The van der Waals surface area contributed by atoms with Crippen LogP contribution in [0.2, 0.25) is 0 Å². The highest BCUT2D eigenvalue weighted by Gasteiger charge is 2.09. The second-order valence-electron chi connectivity index (χ2n) is 5.44. The molecule has 2 N–H and O–H groups in total. The molecule has 0 saturated carbocycles. The van der Waals surface area contributed by atoms with Crippen LogP contribution < -0.4 is 10.2 Å². The molecule has 0 saturated heterocycles. The number of halogens is 1. The molecule has 0 aliphatic carbocycles. The number of hydrogen-bond donors (Lipinski definition) is 2. The molecule has 24 heavy (non-hydrogen) atoms. The lowest BCUT2D eigenvalue weighted by atomic mass is 10.1. The minimum absolute atomic E-state index is 0.107. The largest absolute Gasteiger partial charge is 0.507 e. The Labute approximate surface area is 154 Å². The van der Waals surface area contributed by atoms with Gasteiger partial charge in [-0.25, -0.2) is 5.43 Å². The Morgan fingerprint density at radius 3 is 2.71 bits per heavy atom. The maximum absolute atomic E-state index is 11.9. The first kappa shape index (κ1) is 18.3. The van der Waals surface area contributed by atoms with Crippen molar-refractivity contribution in [2.75, 3.05) is 6.61 Å². The van der Waals surface area contributed by atoms with Gasteiger partial charge in [-0.1, -0.05) is 12.1 Å². The lowest BCUT2D eigenvalue weighted by Crippen LogP contribution is -2.25. The Hall–Kier alpha value is -2.09. The van der Waals surface area contributed by atoms with Gasteiger partial charge in [0.15, 0.2) is 6.61 Å². The number of aryl methyl sites for hydroxylation is 2. The zero-order valence-corrected chi connectivity index (χ0v) is 15.9. The molecule has 0 aliphatic rings. The molecular weight excluding hydrogens is 419 g/mol. The molecule has 6 heteroatoms. The maximum atomic E-state index is 11.9. The van der Waals surface area contributed by atoms with Crippen LogP contribution in [0.3, 0.4) is 0 Å². The zero-order valence-electron chi connectivity index (χ0n) is 13.8. The summed E-state index contributed by atoms with van der Waals surface area (Å²) < 4.78 is 6.58. The van der Waals surface area contributed by atoms with E-state index in [0.717, 1.165) is 26.0 Å². The van der Waals surface area contributed by atoms with Crippen molar-refractivity contribution in [2.45, 2.75) is 20.8 Å². The Morgan fingerprint density at radius 2 is 1.96 bits per heavy atom. The van der Waals surface area contributed by atoms with Crippen LogP contribution in [0.1, 0.15) is 22.3 Å². The number of ether oxygens (including phenoxy) is 1. The fraction of sp³-hybridized carbons (Fsp3) is 0.222. The summed E-state index contributed by atoms with van der Waals surface area (Å²) in [5.41, 5.74) is 6.05. The third-order valence-electron chi connectivity index (χ3n) is 3.60. The molecule has 1 amide bonds. The molecule has 0 aromatic heterocycles. The second-order valence-corrected chi connectivity index (χ2v) is 6.68. The van der Waals surface area contributed by atoms with Gasteiger partial charge in [-0.3, -0.25) is 4.79 Å². The first-order valence-electron chi connectivity index (χ1n) is 7.38. The Bertz CT molecular complexity index is 788. The monoisotopic (exact) mass is 438 g/mol. The third kappa shape index (κ3) is 4.70. The summed E-state index contributed by atoms with van der Waals surface area (Å²) in [5.74, 6) is 0.469. The topological polar surface area (TPSA) is 70.9 Å². The average Bonchev–Trinajstić information content (AvgIpc) is 2.54. The predicted octanol–water partition coefficient (Wildman–Crippen LogP) is 3.45. The van der Waals surface area contributed by atoms with Crippen LogP contribution >= 0.6 is 22.6 Å². The van der Waals surface area contributed by atoms with E-state index in [1.807, 2.05) is 32.9 Å². The van der Waals surface area contributed by atoms with Crippen molar-refractivity contribution >= 4 is 34.7 Å². The first-order valence-corrected chi connectivity index (χ1v) is 8.46. The van der Waals surface area contributed by atoms with Gasteiger partial charge in [0, 0.05) is 9.13 Å². The van der Waals surface area contributed by atoms with Crippen LogP contribution in [0.25, 0.3) is 0 Å². The van der Waals surface area contributed by atoms with Gasteiger partial charge < -0.3 is 9.84 Å². The van der Waals surface area contributed by atoms with Crippen molar-refractivity contribution in [3.8, 4) is 11.5 Å². The normalized spacial score (nSPS) is 10.8. The van der Waals surface area contributed by atoms with E-state index in [1.165, 1.54) is 6.21 Å². The van der Waals surface area contributed by atoms with Gasteiger partial charge in [0.25, 0.3) is 5.91 Å². The number of nitrogens with one attached hydrogen (secondary N) is 1. The van der Waals surface area contributed by atoms with Crippen LogP contribution in [0.5, 0.6) is 11.5 Å². The Kier molecular flexibility index (Phi) is 6.19. The highest BCUT2D eigenvalue weighted by atomic mass is 127. The van der Waals surface area contributed by atoms with Gasteiger partial charge in [-0.15, -0.1) is 0 Å². The number of hydrazone groups is 1. The number of phenolic OH excluding ortho intramolecular Hbond substituents is 1. The molecule has 2 aromatic carbocycles. The highest BCUT2D eigenvalue weighted by Crippen LogP contribution is 2.25. The van der Waals surface area contributed by atoms with E-state index in [-0.39, 0.29) is 18.3 Å². The van der Waals surface area contributed by atoms with Gasteiger partial charge in [0.2, 0.25) is 0 Å². The molecule has 126 valence electrons. The molecule has 0 fully saturated rings. The predicted molar refractivity (Wildman–Crippen MR) is 103 cm³/mol.